The Morgan fingerprint density at radius 2 is 1.50 bits per heavy atom. The van der Waals surface area contributed by atoms with Crippen molar-refractivity contribution in [1.82, 2.24) is 0 Å². The van der Waals surface area contributed by atoms with Gasteiger partial charge < -0.3 is 0 Å². The number of benzene rings is 1. The van der Waals surface area contributed by atoms with Gasteiger partial charge in [0.15, 0.2) is 0 Å². The fourth-order valence-corrected chi connectivity index (χ4v) is 10.4. The summed E-state index contributed by atoms with van der Waals surface area (Å²) in [7, 11) is 0. The average Bonchev–Trinajstić information content (AvgIpc) is 2.17. The van der Waals surface area contributed by atoms with E-state index >= 15 is 0 Å². The molecule has 1 rings (SSSR count). The summed E-state index contributed by atoms with van der Waals surface area (Å²) in [5, 5.41) is 19.5. The molecular formula is C15H22O3Sn2. The number of phenols is 1. The van der Waals surface area contributed by atoms with Gasteiger partial charge >= 0.3 is 142 Å². The first-order valence-electron chi connectivity index (χ1n) is 6.56. The van der Waals surface area contributed by atoms with Crippen LogP contribution in [-0.4, -0.2) is 58.5 Å². The van der Waals surface area contributed by atoms with Crippen LogP contribution in [0.15, 0.2) is 12.1 Å². The molecule has 0 aromatic heterocycles. The molecule has 20 heavy (non-hydrogen) atoms. The first-order valence-corrected chi connectivity index (χ1v) is 12.3. The summed E-state index contributed by atoms with van der Waals surface area (Å²) in [5.74, 6) is -1.01. The number of hydrogen-bond acceptors (Lipinski definition) is 2. The van der Waals surface area contributed by atoms with Gasteiger partial charge in [-0.1, -0.05) is 0 Å². The van der Waals surface area contributed by atoms with Crippen molar-refractivity contribution in [2.45, 2.75) is 48.4 Å². The van der Waals surface area contributed by atoms with Crippen molar-refractivity contribution in [3.05, 3.63) is 17.7 Å². The van der Waals surface area contributed by atoms with E-state index in [1.54, 1.807) is 6.07 Å². The Morgan fingerprint density at radius 3 is 1.90 bits per heavy atom. The van der Waals surface area contributed by atoms with Crippen molar-refractivity contribution in [2.24, 2.45) is 0 Å². The fourth-order valence-electron chi connectivity index (χ4n) is 1.80. The number of carboxylic acids is 1. The Kier molecular flexibility index (Phi) is 5.86. The van der Waals surface area contributed by atoms with Crippen LogP contribution in [0.2, 0.25) is 6.86 Å². The van der Waals surface area contributed by atoms with Crippen molar-refractivity contribution in [3.8, 4) is 5.75 Å². The second-order valence-corrected chi connectivity index (χ2v) is 20.1. The molecule has 2 N–H and O–H groups in total. The Morgan fingerprint density at radius 1 is 1.00 bits per heavy atom. The number of aromatic hydroxyl groups is 1. The van der Waals surface area contributed by atoms with E-state index in [1.165, 1.54) is 3.58 Å². The summed E-state index contributed by atoms with van der Waals surface area (Å²) in [5.41, 5.74) is 0.0906. The molecule has 5 heteroatoms. The van der Waals surface area contributed by atoms with E-state index in [1.807, 2.05) is 0 Å². The number of carbonyl (C=O) groups is 1. The molecule has 0 amide bonds. The van der Waals surface area contributed by atoms with Crippen LogP contribution in [0.5, 0.6) is 5.75 Å². The van der Waals surface area contributed by atoms with Gasteiger partial charge in [0.1, 0.15) is 0 Å². The van der Waals surface area contributed by atoms with Crippen LogP contribution in [0.4, 0.5) is 0 Å². The number of carboxylic acid groups (broad SMARTS) is 1. The van der Waals surface area contributed by atoms with Crippen LogP contribution in [0.1, 0.15) is 51.9 Å². The van der Waals surface area contributed by atoms with E-state index in [4.69, 9.17) is 0 Å². The van der Waals surface area contributed by atoms with Crippen molar-refractivity contribution >= 4 is 55.4 Å². The van der Waals surface area contributed by atoms with Gasteiger partial charge in [0.05, 0.1) is 0 Å². The van der Waals surface area contributed by atoms with Crippen molar-refractivity contribution in [1.29, 1.82) is 0 Å². The van der Waals surface area contributed by atoms with Gasteiger partial charge in [0, 0.05) is 0 Å². The molecule has 0 heterocycles. The molecule has 0 aliphatic rings. The monoisotopic (exact) mass is 490 g/mol. The van der Waals surface area contributed by atoms with Gasteiger partial charge in [-0.05, 0) is 0 Å². The van der Waals surface area contributed by atoms with Crippen molar-refractivity contribution in [3.63, 3.8) is 0 Å². The van der Waals surface area contributed by atoms with Crippen molar-refractivity contribution < 1.29 is 15.0 Å². The van der Waals surface area contributed by atoms with E-state index in [9.17, 15) is 15.0 Å². The van der Waals surface area contributed by atoms with Crippen molar-refractivity contribution in [2.75, 3.05) is 0 Å². The molecule has 0 saturated carbocycles. The zero-order chi connectivity index (χ0) is 15.7. The van der Waals surface area contributed by atoms with Crippen LogP contribution in [-0.2, 0) is 0 Å². The summed E-state index contributed by atoms with van der Waals surface area (Å²) in [6, 6.07) is 3.79. The topological polar surface area (TPSA) is 57.5 Å². The molecule has 108 valence electrons. The van der Waals surface area contributed by atoms with Gasteiger partial charge in [-0.15, -0.1) is 0 Å². The fraction of sp³-hybridized carbons (Fsp3) is 0.533. The van der Waals surface area contributed by atoms with Gasteiger partial charge in [-0.3, -0.25) is 0 Å². The predicted molar refractivity (Wildman–Crippen MR) is 85.3 cm³/mol. The molecule has 3 nitrogen and oxygen atoms in total. The molecule has 0 unspecified atom stereocenters. The molecule has 0 fully saturated rings. The normalized spacial score (nSPS) is 12.5. The first-order chi connectivity index (χ1) is 8.89. The SMILES string of the molecule is C[C](C)(C)[Sn][c]1c[c]([Sn][C](C)(C)C)c(O)c(C(=O)O)c1. The van der Waals surface area contributed by atoms with E-state index in [0.29, 0.717) is 0 Å². The molecule has 1 aromatic rings. The van der Waals surface area contributed by atoms with E-state index < -0.39 is 48.3 Å². The third-order valence-electron chi connectivity index (χ3n) is 2.37. The van der Waals surface area contributed by atoms with E-state index in [-0.39, 0.29) is 18.2 Å². The Bertz CT molecular complexity index is 511. The maximum atomic E-state index is 11.3. The summed E-state index contributed by atoms with van der Waals surface area (Å²) in [4.78, 5) is 11.3. The summed E-state index contributed by atoms with van der Waals surface area (Å²) in [6.07, 6.45) is 0. The van der Waals surface area contributed by atoms with E-state index in [0.717, 1.165) is 3.58 Å². The van der Waals surface area contributed by atoms with E-state index in [2.05, 4.69) is 47.6 Å². The van der Waals surface area contributed by atoms with Gasteiger partial charge in [-0.25, -0.2) is 0 Å². The third-order valence-corrected chi connectivity index (χ3v) is 10.2. The summed E-state index contributed by atoms with van der Waals surface area (Å²) in [6.45, 7) is 13.1. The molecule has 0 aliphatic carbocycles. The second kappa shape index (κ2) is 6.46. The maximum absolute atomic E-state index is 11.3. The molecule has 1 aromatic carbocycles. The summed E-state index contributed by atoms with van der Waals surface area (Å²) >= 11 is -1.90. The second-order valence-electron chi connectivity index (χ2n) is 6.98. The Labute approximate surface area is 141 Å². The first kappa shape index (κ1) is 18.1. The molecule has 0 saturated heterocycles. The quantitative estimate of drug-likeness (QED) is 0.643. The van der Waals surface area contributed by atoms with Gasteiger partial charge in [0.25, 0.3) is 0 Å². The molecular weight excluding hydrogens is 466 g/mol. The molecule has 0 bridgehead atoms. The average molecular weight is 488 g/mol. The molecule has 0 atom stereocenters. The van der Waals surface area contributed by atoms with Crippen LogP contribution < -0.4 is 7.16 Å². The number of hydrogen-bond donors (Lipinski definition) is 2. The predicted octanol–water partition coefficient (Wildman–Crippen LogP) is 2.19. The molecule has 0 aliphatic heterocycles. The third kappa shape index (κ3) is 5.83. The van der Waals surface area contributed by atoms with Gasteiger partial charge in [0.2, 0.25) is 0 Å². The molecule has 0 spiro atoms. The van der Waals surface area contributed by atoms with Crippen LogP contribution >= 0.6 is 0 Å². The van der Waals surface area contributed by atoms with Crippen LogP contribution in [0.3, 0.4) is 0 Å². The zero-order valence-corrected chi connectivity index (χ0v) is 18.7. The Hall–Kier alpha value is 0.0874. The molecule has 4 radical (unpaired) electrons. The zero-order valence-electron chi connectivity index (χ0n) is 13.0. The minimum absolute atomic E-state index is 0.0102. The summed E-state index contributed by atoms with van der Waals surface area (Å²) < 4.78 is 2.56. The number of rotatable bonds is 3. The van der Waals surface area contributed by atoms with Gasteiger partial charge in [-0.2, -0.15) is 0 Å². The van der Waals surface area contributed by atoms with Crippen LogP contribution in [0.25, 0.3) is 0 Å². The van der Waals surface area contributed by atoms with Crippen LogP contribution in [0, 0.1) is 0 Å². The number of aromatic carboxylic acids is 1. The Balaban J connectivity index is 3.32. The minimum atomic E-state index is -1.03. The standard InChI is InChI=1S/C7H4O3.2C4H9.2Sn/c8-6-4-2-1-3-5(6)7(9)10;2*1-4(2)3;;/h2-3,8H,(H,9,10);2*1-3H3;;.